The highest BCUT2D eigenvalue weighted by atomic mass is 32.2. The fourth-order valence-electron chi connectivity index (χ4n) is 1.82. The zero-order valence-electron chi connectivity index (χ0n) is 12.7. The standard InChI is InChI=1S/C15H14N2O5S2/c1-23-13-5-4-10(7-12(13)17(20)21)15(19)22-9-14(18)16-8-11-3-2-6-24-11/h2-7H,8-9H2,1H3,(H,16,18). The van der Waals surface area contributed by atoms with Gasteiger partial charge >= 0.3 is 5.97 Å². The molecule has 1 N–H and O–H groups in total. The lowest BCUT2D eigenvalue weighted by molar-refractivity contribution is -0.387. The van der Waals surface area contributed by atoms with Gasteiger partial charge in [-0.25, -0.2) is 4.79 Å². The van der Waals surface area contributed by atoms with E-state index in [0.717, 1.165) is 10.9 Å². The Labute approximate surface area is 146 Å². The van der Waals surface area contributed by atoms with Crippen LogP contribution in [0.25, 0.3) is 0 Å². The van der Waals surface area contributed by atoms with Crippen LogP contribution in [0.2, 0.25) is 0 Å². The molecule has 2 rings (SSSR count). The number of amides is 1. The van der Waals surface area contributed by atoms with Gasteiger partial charge in [0.25, 0.3) is 11.6 Å². The molecule has 0 saturated carbocycles. The number of nitro benzene ring substituents is 1. The minimum Gasteiger partial charge on any atom is -0.452 e. The van der Waals surface area contributed by atoms with Gasteiger partial charge in [0.05, 0.1) is 21.9 Å². The lowest BCUT2D eigenvalue weighted by Crippen LogP contribution is -2.28. The predicted octanol–water partition coefficient (Wildman–Crippen LogP) is 2.85. The Balaban J connectivity index is 1.91. The minimum absolute atomic E-state index is 0.0329. The summed E-state index contributed by atoms with van der Waals surface area (Å²) in [7, 11) is 0. The largest absolute Gasteiger partial charge is 0.452 e. The number of thiophene rings is 1. The number of carbonyl (C=O) groups excluding carboxylic acids is 2. The molecule has 1 heterocycles. The maximum absolute atomic E-state index is 11.9. The first kappa shape index (κ1) is 18.0. The van der Waals surface area contributed by atoms with Crippen LogP contribution in [0.4, 0.5) is 5.69 Å². The second-order valence-corrected chi connectivity index (χ2v) is 6.46. The summed E-state index contributed by atoms with van der Waals surface area (Å²) in [5.41, 5.74) is -0.135. The van der Waals surface area contributed by atoms with Gasteiger partial charge in [0, 0.05) is 10.9 Å². The lowest BCUT2D eigenvalue weighted by atomic mass is 10.2. The first-order chi connectivity index (χ1) is 11.5. The monoisotopic (exact) mass is 366 g/mol. The van der Waals surface area contributed by atoms with Gasteiger partial charge in [0.1, 0.15) is 0 Å². The van der Waals surface area contributed by atoms with Crippen LogP contribution in [0.15, 0.2) is 40.6 Å². The molecule has 0 fully saturated rings. The van der Waals surface area contributed by atoms with Crippen molar-refractivity contribution in [3.8, 4) is 0 Å². The summed E-state index contributed by atoms with van der Waals surface area (Å²) in [6, 6.07) is 7.82. The average Bonchev–Trinajstić information content (AvgIpc) is 3.10. The van der Waals surface area contributed by atoms with Crippen LogP contribution < -0.4 is 5.32 Å². The summed E-state index contributed by atoms with van der Waals surface area (Å²) in [4.78, 5) is 35.5. The summed E-state index contributed by atoms with van der Waals surface area (Å²) in [5.74, 6) is -1.22. The second kappa shape index (κ2) is 8.46. The van der Waals surface area contributed by atoms with Crippen LogP contribution >= 0.6 is 23.1 Å². The number of benzene rings is 1. The van der Waals surface area contributed by atoms with Crippen molar-refractivity contribution in [2.45, 2.75) is 11.4 Å². The molecule has 0 aliphatic rings. The van der Waals surface area contributed by atoms with E-state index in [-0.39, 0.29) is 11.3 Å². The van der Waals surface area contributed by atoms with Crippen LogP contribution in [0.1, 0.15) is 15.2 Å². The average molecular weight is 366 g/mol. The van der Waals surface area contributed by atoms with Crippen molar-refractivity contribution in [2.75, 3.05) is 12.9 Å². The molecule has 126 valence electrons. The van der Waals surface area contributed by atoms with E-state index in [2.05, 4.69) is 5.32 Å². The van der Waals surface area contributed by atoms with Gasteiger partial charge in [-0.05, 0) is 29.8 Å². The Kier molecular flexibility index (Phi) is 6.33. The Morgan fingerprint density at radius 1 is 1.38 bits per heavy atom. The molecule has 2 aromatic rings. The highest BCUT2D eigenvalue weighted by molar-refractivity contribution is 7.98. The number of rotatable bonds is 7. The van der Waals surface area contributed by atoms with Crippen molar-refractivity contribution in [1.29, 1.82) is 0 Å². The van der Waals surface area contributed by atoms with Gasteiger partial charge in [-0.3, -0.25) is 14.9 Å². The van der Waals surface area contributed by atoms with Crippen molar-refractivity contribution in [3.63, 3.8) is 0 Å². The van der Waals surface area contributed by atoms with Crippen LogP contribution in [0.5, 0.6) is 0 Å². The van der Waals surface area contributed by atoms with Gasteiger partial charge in [-0.15, -0.1) is 23.1 Å². The van der Waals surface area contributed by atoms with Crippen molar-refractivity contribution < 1.29 is 19.2 Å². The second-order valence-electron chi connectivity index (χ2n) is 4.58. The van der Waals surface area contributed by atoms with Crippen molar-refractivity contribution in [1.82, 2.24) is 5.32 Å². The number of hydrogen-bond donors (Lipinski definition) is 1. The third kappa shape index (κ3) is 4.80. The highest BCUT2D eigenvalue weighted by Gasteiger charge is 2.18. The number of esters is 1. The zero-order valence-corrected chi connectivity index (χ0v) is 14.3. The van der Waals surface area contributed by atoms with E-state index in [1.165, 1.54) is 35.2 Å². The maximum atomic E-state index is 11.9. The molecule has 1 aromatic carbocycles. The Morgan fingerprint density at radius 3 is 2.79 bits per heavy atom. The first-order valence-corrected chi connectivity index (χ1v) is 8.90. The molecule has 0 unspecified atom stereocenters. The number of nitrogens with zero attached hydrogens (tertiary/aromatic N) is 1. The molecular formula is C15H14N2O5S2. The number of ether oxygens (including phenoxy) is 1. The van der Waals surface area contributed by atoms with Crippen molar-refractivity contribution in [2.24, 2.45) is 0 Å². The molecule has 0 saturated heterocycles. The van der Waals surface area contributed by atoms with E-state index in [0.29, 0.717) is 11.4 Å². The summed E-state index contributed by atoms with van der Waals surface area (Å²) in [6.45, 7) is -0.0791. The van der Waals surface area contributed by atoms with E-state index in [1.54, 1.807) is 6.26 Å². The van der Waals surface area contributed by atoms with Crippen LogP contribution in [-0.2, 0) is 16.1 Å². The first-order valence-electron chi connectivity index (χ1n) is 6.80. The summed E-state index contributed by atoms with van der Waals surface area (Å²) in [5, 5.41) is 15.5. The van der Waals surface area contributed by atoms with E-state index < -0.39 is 23.4 Å². The number of nitrogens with one attached hydrogen (secondary N) is 1. The number of nitro groups is 1. The smallest absolute Gasteiger partial charge is 0.338 e. The van der Waals surface area contributed by atoms with Gasteiger partial charge in [-0.1, -0.05) is 6.07 Å². The topological polar surface area (TPSA) is 98.5 Å². The van der Waals surface area contributed by atoms with Gasteiger partial charge in [-0.2, -0.15) is 0 Å². The van der Waals surface area contributed by atoms with Gasteiger partial charge in [0.2, 0.25) is 0 Å². The van der Waals surface area contributed by atoms with Gasteiger partial charge < -0.3 is 10.1 Å². The van der Waals surface area contributed by atoms with Crippen LogP contribution in [-0.4, -0.2) is 29.7 Å². The van der Waals surface area contributed by atoms with E-state index in [4.69, 9.17) is 4.74 Å². The SMILES string of the molecule is CSc1ccc(C(=O)OCC(=O)NCc2cccs2)cc1[N+](=O)[O-]. The lowest BCUT2D eigenvalue weighted by Gasteiger charge is -2.06. The van der Waals surface area contributed by atoms with Crippen LogP contribution in [0, 0.1) is 10.1 Å². The molecule has 1 amide bonds. The predicted molar refractivity (Wildman–Crippen MR) is 91.3 cm³/mol. The Hall–Kier alpha value is -2.39. The fraction of sp³-hybridized carbons (Fsp3) is 0.200. The molecular weight excluding hydrogens is 352 g/mol. The Morgan fingerprint density at radius 2 is 2.17 bits per heavy atom. The van der Waals surface area contributed by atoms with Crippen LogP contribution in [0.3, 0.4) is 0 Å². The van der Waals surface area contributed by atoms with Crippen molar-refractivity contribution >= 4 is 40.7 Å². The number of hydrogen-bond acceptors (Lipinski definition) is 7. The molecule has 1 aromatic heterocycles. The molecule has 9 heteroatoms. The van der Waals surface area contributed by atoms with E-state index in [9.17, 15) is 19.7 Å². The zero-order chi connectivity index (χ0) is 17.5. The number of thioether (sulfide) groups is 1. The van der Waals surface area contributed by atoms with E-state index >= 15 is 0 Å². The molecule has 0 spiro atoms. The third-order valence-corrected chi connectivity index (χ3v) is 4.65. The van der Waals surface area contributed by atoms with E-state index in [1.807, 2.05) is 17.5 Å². The Bertz CT molecular complexity index is 746. The quantitative estimate of drug-likeness (QED) is 0.350. The van der Waals surface area contributed by atoms with Crippen molar-refractivity contribution in [3.05, 3.63) is 56.3 Å². The summed E-state index contributed by atoms with van der Waals surface area (Å²) < 4.78 is 4.89. The molecule has 0 aliphatic carbocycles. The molecule has 0 bridgehead atoms. The summed E-state index contributed by atoms with van der Waals surface area (Å²) >= 11 is 2.72. The molecule has 24 heavy (non-hydrogen) atoms. The molecule has 0 radical (unpaired) electrons. The highest BCUT2D eigenvalue weighted by Crippen LogP contribution is 2.28. The molecule has 7 nitrogen and oxygen atoms in total. The summed E-state index contributed by atoms with van der Waals surface area (Å²) in [6.07, 6.45) is 1.71. The third-order valence-electron chi connectivity index (χ3n) is 2.99. The normalized spacial score (nSPS) is 10.2. The fourth-order valence-corrected chi connectivity index (χ4v) is 3.02. The minimum atomic E-state index is -0.781. The van der Waals surface area contributed by atoms with Gasteiger partial charge in [0.15, 0.2) is 6.61 Å². The maximum Gasteiger partial charge on any atom is 0.338 e. The molecule has 0 aliphatic heterocycles. The molecule has 0 atom stereocenters. The number of carbonyl (C=O) groups is 2.